The first kappa shape index (κ1) is 12.8. The summed E-state index contributed by atoms with van der Waals surface area (Å²) in [6.45, 7) is 1.20. The molecule has 0 saturated carbocycles. The van der Waals surface area contributed by atoms with Crippen LogP contribution in [0.2, 0.25) is 0 Å². The van der Waals surface area contributed by atoms with Crippen LogP contribution in [0.15, 0.2) is 30.3 Å². The van der Waals surface area contributed by atoms with Crippen molar-refractivity contribution in [1.82, 2.24) is 5.06 Å². The highest BCUT2D eigenvalue weighted by molar-refractivity contribution is 5.89. The minimum absolute atomic E-state index is 0.246. The molecule has 1 fully saturated rings. The molecule has 1 aromatic carbocycles. The summed E-state index contributed by atoms with van der Waals surface area (Å²) >= 11 is 0. The van der Waals surface area contributed by atoms with Crippen molar-refractivity contribution in [2.45, 2.75) is 25.7 Å². The Kier molecular flexibility index (Phi) is 4.47. The zero-order valence-corrected chi connectivity index (χ0v) is 10.3. The molecule has 0 bridgehead atoms. The highest BCUT2D eigenvalue weighted by atomic mass is 16.7. The van der Waals surface area contributed by atoms with Gasteiger partial charge < -0.3 is 4.84 Å². The zero-order chi connectivity index (χ0) is 12.8. The van der Waals surface area contributed by atoms with Crippen molar-refractivity contribution in [2.75, 3.05) is 13.1 Å². The Hall–Kier alpha value is -1.68. The lowest BCUT2D eigenvalue weighted by molar-refractivity contribution is -0.131. The van der Waals surface area contributed by atoms with Gasteiger partial charge in [-0.25, -0.2) is 4.79 Å². The largest absolute Gasteiger partial charge is 0.364 e. The van der Waals surface area contributed by atoms with Crippen LogP contribution in [-0.2, 0) is 9.63 Å². The lowest BCUT2D eigenvalue weighted by atomic mass is 10.1. The predicted octanol–water partition coefficient (Wildman–Crippen LogP) is 2.20. The van der Waals surface area contributed by atoms with Crippen LogP contribution in [0.3, 0.4) is 0 Å². The fourth-order valence-corrected chi connectivity index (χ4v) is 1.93. The van der Waals surface area contributed by atoms with Crippen LogP contribution >= 0.6 is 0 Å². The van der Waals surface area contributed by atoms with Crippen LogP contribution in [0, 0.1) is 0 Å². The number of benzene rings is 1. The van der Waals surface area contributed by atoms with Gasteiger partial charge in [-0.15, -0.1) is 5.06 Å². The summed E-state index contributed by atoms with van der Waals surface area (Å²) in [5.41, 5.74) is 0.533. The predicted molar refractivity (Wildman–Crippen MR) is 66.9 cm³/mol. The SMILES string of the molecule is O=C1CCCCN(OC(=O)c2ccccc2)CC1. The number of hydroxylamine groups is 2. The van der Waals surface area contributed by atoms with E-state index in [4.69, 9.17) is 4.84 Å². The standard InChI is InChI=1S/C14H17NO3/c16-13-8-4-5-10-15(11-9-13)18-14(17)12-6-2-1-3-7-12/h1-3,6-7H,4-5,8-11H2. The van der Waals surface area contributed by atoms with Crippen LogP contribution in [0.4, 0.5) is 0 Å². The summed E-state index contributed by atoms with van der Waals surface area (Å²) in [5.74, 6) is -0.112. The van der Waals surface area contributed by atoms with Crippen LogP contribution in [0.1, 0.15) is 36.0 Å². The quantitative estimate of drug-likeness (QED) is 0.803. The maximum absolute atomic E-state index is 11.8. The maximum atomic E-state index is 11.8. The second-order valence-electron chi connectivity index (χ2n) is 4.42. The molecule has 0 aromatic heterocycles. The second kappa shape index (κ2) is 6.31. The summed E-state index contributed by atoms with van der Waals surface area (Å²) in [4.78, 5) is 28.5. The number of carbonyl (C=O) groups is 2. The first-order valence-electron chi connectivity index (χ1n) is 6.30. The van der Waals surface area contributed by atoms with Gasteiger partial charge in [0.25, 0.3) is 0 Å². The van der Waals surface area contributed by atoms with E-state index in [1.54, 1.807) is 29.3 Å². The molecule has 1 heterocycles. The Morgan fingerprint density at radius 1 is 1.06 bits per heavy atom. The smallest absolute Gasteiger partial charge is 0.357 e. The third-order valence-corrected chi connectivity index (χ3v) is 2.97. The molecule has 1 aromatic rings. The van der Waals surface area contributed by atoms with Crippen molar-refractivity contribution in [3.05, 3.63) is 35.9 Å². The topological polar surface area (TPSA) is 46.6 Å². The Bertz CT molecular complexity index is 416. The molecule has 0 amide bonds. The minimum Gasteiger partial charge on any atom is -0.364 e. The molecule has 96 valence electrons. The van der Waals surface area contributed by atoms with Crippen molar-refractivity contribution in [3.8, 4) is 0 Å². The molecule has 0 atom stereocenters. The van der Waals surface area contributed by atoms with E-state index in [1.807, 2.05) is 6.07 Å². The number of nitrogens with zero attached hydrogens (tertiary/aromatic N) is 1. The van der Waals surface area contributed by atoms with E-state index >= 15 is 0 Å². The van der Waals surface area contributed by atoms with Gasteiger partial charge in [-0.2, -0.15) is 0 Å². The van der Waals surface area contributed by atoms with Crippen LogP contribution < -0.4 is 0 Å². The first-order valence-corrected chi connectivity index (χ1v) is 6.30. The van der Waals surface area contributed by atoms with E-state index in [0.29, 0.717) is 31.5 Å². The average Bonchev–Trinajstić information content (AvgIpc) is 2.39. The molecule has 2 rings (SSSR count). The van der Waals surface area contributed by atoms with Crippen LogP contribution in [0.5, 0.6) is 0 Å². The molecule has 0 N–H and O–H groups in total. The number of ketones is 1. The lowest BCUT2D eigenvalue weighted by Crippen LogP contribution is -2.32. The van der Waals surface area contributed by atoms with E-state index in [2.05, 4.69) is 0 Å². The average molecular weight is 247 g/mol. The summed E-state index contributed by atoms with van der Waals surface area (Å²) < 4.78 is 0. The molecule has 0 unspecified atom stereocenters. The first-order chi connectivity index (χ1) is 8.75. The molecule has 0 radical (unpaired) electrons. The maximum Gasteiger partial charge on any atom is 0.357 e. The lowest BCUT2D eigenvalue weighted by Gasteiger charge is -2.22. The fourth-order valence-electron chi connectivity index (χ4n) is 1.93. The van der Waals surface area contributed by atoms with E-state index in [9.17, 15) is 9.59 Å². The van der Waals surface area contributed by atoms with Gasteiger partial charge in [0.2, 0.25) is 0 Å². The highest BCUT2D eigenvalue weighted by Gasteiger charge is 2.17. The van der Waals surface area contributed by atoms with Crippen LogP contribution in [0.25, 0.3) is 0 Å². The molecule has 18 heavy (non-hydrogen) atoms. The molecule has 1 saturated heterocycles. The molecule has 1 aliphatic rings. The third-order valence-electron chi connectivity index (χ3n) is 2.97. The summed E-state index contributed by atoms with van der Waals surface area (Å²) in [6, 6.07) is 8.89. The minimum atomic E-state index is -0.358. The molecular formula is C14H17NO3. The number of hydrogen-bond donors (Lipinski definition) is 0. The monoisotopic (exact) mass is 247 g/mol. The highest BCUT2D eigenvalue weighted by Crippen LogP contribution is 2.10. The third kappa shape index (κ3) is 3.67. The Morgan fingerprint density at radius 3 is 2.61 bits per heavy atom. The second-order valence-corrected chi connectivity index (χ2v) is 4.42. The Morgan fingerprint density at radius 2 is 1.83 bits per heavy atom. The van der Waals surface area contributed by atoms with Gasteiger partial charge in [-0.3, -0.25) is 4.79 Å². The summed E-state index contributed by atoms with van der Waals surface area (Å²) in [7, 11) is 0. The number of carbonyl (C=O) groups excluding carboxylic acids is 2. The Balaban J connectivity index is 1.91. The molecular weight excluding hydrogens is 230 g/mol. The van der Waals surface area contributed by atoms with Gasteiger partial charge in [0.05, 0.1) is 5.56 Å². The van der Waals surface area contributed by atoms with Gasteiger partial charge in [0.1, 0.15) is 5.78 Å². The zero-order valence-electron chi connectivity index (χ0n) is 10.3. The fraction of sp³-hybridized carbons (Fsp3) is 0.429. The van der Waals surface area contributed by atoms with Gasteiger partial charge in [-0.05, 0) is 25.0 Å². The molecule has 0 spiro atoms. The molecule has 1 aliphatic heterocycles. The van der Waals surface area contributed by atoms with Crippen molar-refractivity contribution >= 4 is 11.8 Å². The summed E-state index contributed by atoms with van der Waals surface area (Å²) in [5, 5.41) is 1.60. The Labute approximate surface area is 106 Å². The van der Waals surface area contributed by atoms with Crippen molar-refractivity contribution in [1.29, 1.82) is 0 Å². The molecule has 4 heteroatoms. The molecule has 4 nitrogen and oxygen atoms in total. The number of Topliss-reactive ketones (excluding diaryl/α,β-unsaturated/α-hetero) is 1. The van der Waals surface area contributed by atoms with Gasteiger partial charge >= 0.3 is 5.97 Å². The van der Waals surface area contributed by atoms with E-state index < -0.39 is 0 Å². The van der Waals surface area contributed by atoms with Gasteiger partial charge in [0, 0.05) is 25.9 Å². The van der Waals surface area contributed by atoms with E-state index in [-0.39, 0.29) is 11.8 Å². The number of rotatable bonds is 2. The van der Waals surface area contributed by atoms with E-state index in [0.717, 1.165) is 12.8 Å². The number of hydrogen-bond acceptors (Lipinski definition) is 4. The van der Waals surface area contributed by atoms with E-state index in [1.165, 1.54) is 0 Å². The van der Waals surface area contributed by atoms with Crippen molar-refractivity contribution in [2.24, 2.45) is 0 Å². The van der Waals surface area contributed by atoms with Crippen molar-refractivity contribution < 1.29 is 14.4 Å². The van der Waals surface area contributed by atoms with Crippen LogP contribution in [-0.4, -0.2) is 29.9 Å². The summed E-state index contributed by atoms with van der Waals surface area (Å²) in [6.07, 6.45) is 2.87. The molecule has 0 aliphatic carbocycles. The van der Waals surface area contributed by atoms with Gasteiger partial charge in [0.15, 0.2) is 0 Å². The normalized spacial score (nSPS) is 17.9. The van der Waals surface area contributed by atoms with Crippen molar-refractivity contribution in [3.63, 3.8) is 0 Å². The van der Waals surface area contributed by atoms with Gasteiger partial charge in [-0.1, -0.05) is 18.2 Å².